The molecule has 0 bridgehead atoms. The fourth-order valence-electron chi connectivity index (χ4n) is 3.83. The molecule has 30 heavy (non-hydrogen) atoms. The molecule has 0 radical (unpaired) electrons. The van der Waals surface area contributed by atoms with E-state index in [1.807, 2.05) is 72.6 Å². The highest BCUT2D eigenvalue weighted by Gasteiger charge is 2.46. The highest BCUT2D eigenvalue weighted by molar-refractivity contribution is 7.60. The molecule has 3 rings (SSSR count). The van der Waals surface area contributed by atoms with E-state index in [1.165, 1.54) is 0 Å². The zero-order valence-electron chi connectivity index (χ0n) is 18.3. The van der Waals surface area contributed by atoms with Gasteiger partial charge in [-0.25, -0.2) is 9.34 Å². The summed E-state index contributed by atoms with van der Waals surface area (Å²) in [5.41, 5.74) is 1.63. The normalized spacial score (nSPS) is 18.2. The van der Waals surface area contributed by atoms with Crippen LogP contribution in [0.3, 0.4) is 0 Å². The first-order valence-corrected chi connectivity index (χ1v) is 12.4. The number of ketones is 1. The second-order valence-electron chi connectivity index (χ2n) is 8.74. The van der Waals surface area contributed by atoms with Gasteiger partial charge in [0, 0.05) is 31.6 Å². The minimum Gasteiger partial charge on any atom is -0.298 e. The molecule has 1 atom stereocenters. The summed E-state index contributed by atoms with van der Waals surface area (Å²) in [6, 6.07) is 20.2. The van der Waals surface area contributed by atoms with Crippen molar-refractivity contribution in [3.63, 3.8) is 0 Å². The number of hydrogen-bond acceptors (Lipinski definition) is 2. The summed E-state index contributed by atoms with van der Waals surface area (Å²) in [5, 5.41) is 0. The second-order valence-corrected chi connectivity index (χ2v) is 11.5. The molecule has 0 unspecified atom stereocenters. The van der Waals surface area contributed by atoms with Gasteiger partial charge in [0.15, 0.2) is 0 Å². The number of Topliss-reactive ketones (excluding diaryl/α,β-unsaturated/α-hetero) is 1. The van der Waals surface area contributed by atoms with E-state index in [0.717, 1.165) is 11.1 Å². The van der Waals surface area contributed by atoms with Crippen LogP contribution < -0.4 is 0 Å². The van der Waals surface area contributed by atoms with Gasteiger partial charge in [-0.3, -0.25) is 9.36 Å². The van der Waals surface area contributed by atoms with Crippen LogP contribution in [-0.4, -0.2) is 34.4 Å². The van der Waals surface area contributed by atoms with Gasteiger partial charge < -0.3 is 0 Å². The Labute approximate surface area is 181 Å². The highest BCUT2D eigenvalue weighted by Crippen LogP contribution is 2.59. The van der Waals surface area contributed by atoms with E-state index in [0.29, 0.717) is 26.2 Å². The largest absolute Gasteiger partial charge is 0.298 e. The third-order valence-corrected chi connectivity index (χ3v) is 9.63. The lowest BCUT2D eigenvalue weighted by Gasteiger charge is -2.34. The number of carbonyl (C=O) groups is 1. The van der Waals surface area contributed by atoms with Crippen LogP contribution in [0.15, 0.2) is 73.3 Å². The molecule has 0 N–H and O–H groups in total. The van der Waals surface area contributed by atoms with Gasteiger partial charge in [0.05, 0.1) is 6.16 Å². The van der Waals surface area contributed by atoms with Gasteiger partial charge in [0.1, 0.15) is 5.78 Å². The van der Waals surface area contributed by atoms with E-state index < -0.39 is 12.9 Å². The first-order valence-electron chi connectivity index (χ1n) is 10.6. The third-order valence-electron chi connectivity index (χ3n) is 6.48. The molecule has 1 aliphatic rings. The Hall–Kier alpha value is -2.00. The van der Waals surface area contributed by atoms with Gasteiger partial charge in [-0.15, -0.1) is 6.58 Å². The molecule has 1 heterocycles. The Morgan fingerprint density at radius 3 is 1.83 bits per heavy atom. The molecule has 4 nitrogen and oxygen atoms in total. The van der Waals surface area contributed by atoms with E-state index in [2.05, 4.69) is 30.8 Å². The fraction of sp³-hybridized carbons (Fsp3) is 0.400. The Kier molecular flexibility index (Phi) is 7.13. The van der Waals surface area contributed by atoms with E-state index in [4.69, 9.17) is 0 Å². The topological polar surface area (TPSA) is 40.6 Å². The van der Waals surface area contributed by atoms with Crippen LogP contribution in [0, 0.1) is 11.3 Å². The standard InChI is InChI=1S/C25H33N2O2P/c1-5-21(2)25(3,4)24(28)20-30(29)26(18-22-12-8-6-9-13-22)16-17-27(30)19-23-14-10-7-11-15-23/h5-15,21H,1,16-20H2,2-4H3/t21-/m0/s1. The summed E-state index contributed by atoms with van der Waals surface area (Å²) in [7, 11) is -3.04. The maximum Gasteiger partial charge on any atom is 0.224 e. The number of allylic oxidation sites excluding steroid dienone is 1. The van der Waals surface area contributed by atoms with Crippen molar-refractivity contribution in [3.05, 3.63) is 84.4 Å². The van der Waals surface area contributed by atoms with Crippen molar-refractivity contribution >= 4 is 13.2 Å². The van der Waals surface area contributed by atoms with Gasteiger partial charge in [0.25, 0.3) is 0 Å². The smallest absolute Gasteiger partial charge is 0.224 e. The van der Waals surface area contributed by atoms with Crippen LogP contribution in [0.5, 0.6) is 0 Å². The van der Waals surface area contributed by atoms with Crippen molar-refractivity contribution in [2.24, 2.45) is 11.3 Å². The minimum absolute atomic E-state index is 0.0179. The summed E-state index contributed by atoms with van der Waals surface area (Å²) in [4.78, 5) is 13.3. The van der Waals surface area contributed by atoms with Crippen LogP contribution >= 0.6 is 7.44 Å². The van der Waals surface area contributed by atoms with E-state index in [1.54, 1.807) is 0 Å². The first-order chi connectivity index (χ1) is 14.3. The molecule has 160 valence electrons. The van der Waals surface area contributed by atoms with Crippen LogP contribution in [0.2, 0.25) is 0 Å². The fourth-order valence-corrected chi connectivity index (χ4v) is 6.94. The average molecular weight is 425 g/mol. The Morgan fingerprint density at radius 2 is 1.43 bits per heavy atom. The number of hydrogen-bond donors (Lipinski definition) is 0. The molecule has 0 aromatic heterocycles. The van der Waals surface area contributed by atoms with Gasteiger partial charge in [-0.05, 0) is 17.0 Å². The molecular weight excluding hydrogens is 391 g/mol. The quantitative estimate of drug-likeness (QED) is 0.387. The molecule has 1 saturated heterocycles. The molecule has 0 spiro atoms. The first kappa shape index (κ1) is 22.7. The lowest BCUT2D eigenvalue weighted by atomic mass is 9.77. The Morgan fingerprint density at radius 1 is 1.00 bits per heavy atom. The summed E-state index contributed by atoms with van der Waals surface area (Å²) in [6.07, 6.45) is 1.88. The van der Waals surface area contributed by atoms with Crippen molar-refractivity contribution in [2.45, 2.75) is 33.9 Å². The van der Waals surface area contributed by atoms with Crippen molar-refractivity contribution in [1.82, 2.24) is 9.34 Å². The van der Waals surface area contributed by atoms with Gasteiger partial charge in [0.2, 0.25) is 7.44 Å². The predicted molar refractivity (Wildman–Crippen MR) is 124 cm³/mol. The maximum atomic E-state index is 14.5. The van der Waals surface area contributed by atoms with Crippen molar-refractivity contribution < 1.29 is 9.36 Å². The number of benzene rings is 2. The van der Waals surface area contributed by atoms with E-state index in [9.17, 15) is 9.36 Å². The zero-order valence-corrected chi connectivity index (χ0v) is 19.2. The SMILES string of the molecule is C=C[C@H](C)C(C)(C)C(=O)CP1(=O)N(Cc2ccccc2)CCN1Cc1ccccc1. The van der Waals surface area contributed by atoms with E-state index in [-0.39, 0.29) is 17.9 Å². The lowest BCUT2D eigenvalue weighted by molar-refractivity contribution is -0.126. The summed E-state index contributed by atoms with van der Waals surface area (Å²) in [5.74, 6) is 0.0561. The number of rotatable bonds is 9. The van der Waals surface area contributed by atoms with Gasteiger partial charge in [-0.2, -0.15) is 0 Å². The van der Waals surface area contributed by atoms with Crippen molar-refractivity contribution in [3.8, 4) is 0 Å². The molecule has 0 saturated carbocycles. The monoisotopic (exact) mass is 424 g/mol. The molecule has 0 aliphatic carbocycles. The summed E-state index contributed by atoms with van der Waals surface area (Å²) in [6.45, 7) is 12.3. The lowest BCUT2D eigenvalue weighted by Crippen LogP contribution is -2.35. The van der Waals surface area contributed by atoms with Gasteiger partial charge in [-0.1, -0.05) is 87.5 Å². The molecule has 2 aromatic carbocycles. The average Bonchev–Trinajstić information content (AvgIpc) is 3.03. The maximum absolute atomic E-state index is 14.5. The molecule has 1 aliphatic heterocycles. The van der Waals surface area contributed by atoms with Crippen LogP contribution in [0.4, 0.5) is 0 Å². The van der Waals surface area contributed by atoms with Crippen LogP contribution in [-0.2, 0) is 22.4 Å². The molecule has 5 heteroatoms. The highest BCUT2D eigenvalue weighted by atomic mass is 31.2. The number of carbonyl (C=O) groups excluding carboxylic acids is 1. The second kappa shape index (κ2) is 9.43. The minimum atomic E-state index is -3.04. The zero-order chi connectivity index (χ0) is 21.8. The van der Waals surface area contributed by atoms with Crippen LogP contribution in [0.25, 0.3) is 0 Å². The van der Waals surface area contributed by atoms with Gasteiger partial charge >= 0.3 is 0 Å². The Bertz CT molecular complexity index is 858. The summed E-state index contributed by atoms with van der Waals surface area (Å²) < 4.78 is 18.5. The molecule has 1 fully saturated rings. The number of nitrogens with zero attached hydrogens (tertiary/aromatic N) is 2. The van der Waals surface area contributed by atoms with E-state index >= 15 is 0 Å². The molecule has 2 aromatic rings. The van der Waals surface area contributed by atoms with Crippen LogP contribution in [0.1, 0.15) is 31.9 Å². The molecular formula is C25H33N2O2P. The van der Waals surface area contributed by atoms with Crippen molar-refractivity contribution in [1.29, 1.82) is 0 Å². The predicted octanol–water partition coefficient (Wildman–Crippen LogP) is 5.61. The molecule has 0 amide bonds. The third kappa shape index (κ3) is 4.83. The summed E-state index contributed by atoms with van der Waals surface area (Å²) >= 11 is 0. The van der Waals surface area contributed by atoms with Crippen molar-refractivity contribution in [2.75, 3.05) is 19.3 Å². The Balaban J connectivity index is 1.89.